The van der Waals surface area contributed by atoms with E-state index in [4.69, 9.17) is 9.47 Å². The van der Waals surface area contributed by atoms with Crippen LogP contribution in [0.2, 0.25) is 0 Å². The lowest BCUT2D eigenvalue weighted by atomic mass is 9.71. The number of aliphatic hydroxyl groups excluding tert-OH is 1. The Morgan fingerprint density at radius 1 is 1.28 bits per heavy atom. The molecule has 3 N–H and O–H groups in total. The Hall–Kier alpha value is -1.79. The Balaban J connectivity index is 1.54. The van der Waals surface area contributed by atoms with E-state index in [1.807, 2.05) is 18.2 Å². The molecule has 138 valence electrons. The first-order valence-corrected chi connectivity index (χ1v) is 9.10. The minimum absolute atomic E-state index is 0.0100. The number of benzene rings is 1. The van der Waals surface area contributed by atoms with E-state index < -0.39 is 0 Å². The molecule has 1 heterocycles. The maximum atomic E-state index is 12.4. The van der Waals surface area contributed by atoms with Crippen LogP contribution < -0.4 is 20.1 Å². The normalized spacial score (nSPS) is 24.9. The van der Waals surface area contributed by atoms with Crippen LogP contribution in [0.5, 0.6) is 11.5 Å². The van der Waals surface area contributed by atoms with E-state index in [1.54, 1.807) is 13.2 Å². The molecule has 0 radical (unpaired) electrons. The number of ether oxygens (including phenoxy) is 2. The second-order valence-corrected chi connectivity index (χ2v) is 7.03. The summed E-state index contributed by atoms with van der Waals surface area (Å²) < 4.78 is 10.8. The van der Waals surface area contributed by atoms with Gasteiger partial charge in [0.15, 0.2) is 6.61 Å². The molecule has 1 atom stereocenters. The van der Waals surface area contributed by atoms with Crippen LogP contribution in [0.15, 0.2) is 24.3 Å². The van der Waals surface area contributed by atoms with Gasteiger partial charge in [-0.25, -0.2) is 0 Å². The van der Waals surface area contributed by atoms with Crippen molar-refractivity contribution in [2.24, 2.45) is 11.8 Å². The average Bonchev–Trinajstić information content (AvgIpc) is 2.63. The molecule has 0 unspecified atom stereocenters. The number of carbonyl (C=O) groups excluding carboxylic acids is 1. The van der Waals surface area contributed by atoms with E-state index >= 15 is 0 Å². The van der Waals surface area contributed by atoms with Gasteiger partial charge in [-0.15, -0.1) is 0 Å². The lowest BCUT2D eigenvalue weighted by Crippen LogP contribution is -2.53. The quantitative estimate of drug-likeness (QED) is 0.693. The van der Waals surface area contributed by atoms with Crippen molar-refractivity contribution in [1.82, 2.24) is 10.6 Å². The first-order chi connectivity index (χ1) is 12.2. The number of rotatable bonds is 7. The van der Waals surface area contributed by atoms with Crippen LogP contribution in [0.4, 0.5) is 0 Å². The summed E-state index contributed by atoms with van der Waals surface area (Å²) in [4.78, 5) is 12.4. The van der Waals surface area contributed by atoms with Gasteiger partial charge in [0.2, 0.25) is 0 Å². The number of amides is 1. The standard InChI is InChI=1S/C19H28N2O4/c1-24-16-3-2-4-17(11-16)25-12-18(23)21-19(14-9-15(22)10-14)13-5-7-20-8-6-13/h2-4,11,13-15,19-20,22H,5-10,12H2,1H3,(H,21,23)/t14?,15?,19-/m1/s1. The van der Waals surface area contributed by atoms with E-state index in [0.717, 1.165) is 38.8 Å². The molecule has 6 nitrogen and oxygen atoms in total. The van der Waals surface area contributed by atoms with Gasteiger partial charge in [0, 0.05) is 12.1 Å². The van der Waals surface area contributed by atoms with Gasteiger partial charge in [0.05, 0.1) is 13.2 Å². The van der Waals surface area contributed by atoms with Crippen LogP contribution in [0.3, 0.4) is 0 Å². The topological polar surface area (TPSA) is 79.8 Å². The van der Waals surface area contributed by atoms with Crippen LogP contribution in [-0.2, 0) is 4.79 Å². The Bertz CT molecular complexity index is 568. The Morgan fingerprint density at radius 3 is 2.68 bits per heavy atom. The molecule has 6 heteroatoms. The molecule has 2 fully saturated rings. The zero-order chi connectivity index (χ0) is 17.6. The highest BCUT2D eigenvalue weighted by atomic mass is 16.5. The fourth-order valence-corrected chi connectivity index (χ4v) is 3.81. The molecule has 1 aliphatic heterocycles. The van der Waals surface area contributed by atoms with Crippen molar-refractivity contribution in [3.05, 3.63) is 24.3 Å². The number of carbonyl (C=O) groups is 1. The highest BCUT2D eigenvalue weighted by molar-refractivity contribution is 5.78. The monoisotopic (exact) mass is 348 g/mol. The van der Waals surface area contributed by atoms with Crippen LogP contribution in [-0.4, -0.2) is 50.0 Å². The molecule has 1 saturated carbocycles. The lowest BCUT2D eigenvalue weighted by molar-refractivity contribution is -0.125. The molecule has 0 bridgehead atoms. The highest BCUT2D eigenvalue weighted by Gasteiger charge is 2.39. The molecule has 1 aliphatic carbocycles. The molecule has 2 aliphatic rings. The highest BCUT2D eigenvalue weighted by Crippen LogP contribution is 2.35. The average molecular weight is 348 g/mol. The molecule has 3 rings (SSSR count). The van der Waals surface area contributed by atoms with E-state index in [2.05, 4.69) is 10.6 Å². The molecule has 1 aromatic rings. The van der Waals surface area contributed by atoms with Crippen molar-refractivity contribution in [2.75, 3.05) is 26.8 Å². The Morgan fingerprint density at radius 2 is 2.00 bits per heavy atom. The summed E-state index contributed by atoms with van der Waals surface area (Å²) in [5.41, 5.74) is 0. The largest absolute Gasteiger partial charge is 0.497 e. The summed E-state index contributed by atoms with van der Waals surface area (Å²) in [5.74, 6) is 2.06. The molecular weight excluding hydrogens is 320 g/mol. The third kappa shape index (κ3) is 4.86. The molecular formula is C19H28N2O4. The van der Waals surface area contributed by atoms with Crippen molar-refractivity contribution in [2.45, 2.75) is 37.8 Å². The predicted octanol–water partition coefficient (Wildman–Crippen LogP) is 1.33. The number of hydrogen-bond donors (Lipinski definition) is 3. The second-order valence-electron chi connectivity index (χ2n) is 7.03. The third-order valence-corrected chi connectivity index (χ3v) is 5.29. The molecule has 1 amide bonds. The van der Waals surface area contributed by atoms with Crippen molar-refractivity contribution < 1.29 is 19.4 Å². The summed E-state index contributed by atoms with van der Waals surface area (Å²) in [6, 6.07) is 7.37. The minimum Gasteiger partial charge on any atom is -0.497 e. The summed E-state index contributed by atoms with van der Waals surface area (Å²) in [6.45, 7) is 1.98. The smallest absolute Gasteiger partial charge is 0.258 e. The number of piperidine rings is 1. The van der Waals surface area contributed by atoms with E-state index in [9.17, 15) is 9.90 Å². The van der Waals surface area contributed by atoms with Gasteiger partial charge in [-0.05, 0) is 62.7 Å². The SMILES string of the molecule is COc1cccc(OCC(=O)N[C@H](C2CCNCC2)C2CC(O)C2)c1. The number of aliphatic hydroxyl groups is 1. The second kappa shape index (κ2) is 8.54. The van der Waals surface area contributed by atoms with Crippen LogP contribution >= 0.6 is 0 Å². The van der Waals surface area contributed by atoms with Crippen molar-refractivity contribution in [3.63, 3.8) is 0 Å². The van der Waals surface area contributed by atoms with Crippen molar-refractivity contribution in [3.8, 4) is 11.5 Å². The predicted molar refractivity (Wildman–Crippen MR) is 94.7 cm³/mol. The Kier molecular flexibility index (Phi) is 6.15. The number of hydrogen-bond acceptors (Lipinski definition) is 5. The van der Waals surface area contributed by atoms with Gasteiger partial charge in [-0.1, -0.05) is 6.07 Å². The minimum atomic E-state index is -0.209. The first-order valence-electron chi connectivity index (χ1n) is 9.10. The van der Waals surface area contributed by atoms with Crippen LogP contribution in [0.1, 0.15) is 25.7 Å². The lowest BCUT2D eigenvalue weighted by Gasteiger charge is -2.43. The number of methoxy groups -OCH3 is 1. The van der Waals surface area contributed by atoms with Gasteiger partial charge in [0.1, 0.15) is 11.5 Å². The van der Waals surface area contributed by atoms with E-state index in [0.29, 0.717) is 23.3 Å². The maximum absolute atomic E-state index is 12.4. The van der Waals surface area contributed by atoms with Gasteiger partial charge >= 0.3 is 0 Å². The zero-order valence-electron chi connectivity index (χ0n) is 14.7. The Labute approximate surface area is 148 Å². The summed E-state index contributed by atoms with van der Waals surface area (Å²) in [7, 11) is 1.60. The molecule has 0 aromatic heterocycles. The van der Waals surface area contributed by atoms with Crippen molar-refractivity contribution >= 4 is 5.91 Å². The van der Waals surface area contributed by atoms with E-state index in [-0.39, 0.29) is 24.7 Å². The molecule has 0 spiro atoms. The van der Waals surface area contributed by atoms with Gasteiger partial charge in [-0.3, -0.25) is 4.79 Å². The first kappa shape index (κ1) is 18.0. The van der Waals surface area contributed by atoms with Crippen LogP contribution in [0, 0.1) is 11.8 Å². The maximum Gasteiger partial charge on any atom is 0.258 e. The summed E-state index contributed by atoms with van der Waals surface area (Å²) in [5, 5.41) is 16.2. The number of nitrogens with one attached hydrogen (secondary N) is 2. The van der Waals surface area contributed by atoms with Gasteiger partial charge in [0.25, 0.3) is 5.91 Å². The summed E-state index contributed by atoms with van der Waals surface area (Å²) >= 11 is 0. The molecule has 25 heavy (non-hydrogen) atoms. The third-order valence-electron chi connectivity index (χ3n) is 5.29. The fourth-order valence-electron chi connectivity index (χ4n) is 3.81. The zero-order valence-corrected chi connectivity index (χ0v) is 14.7. The summed E-state index contributed by atoms with van der Waals surface area (Å²) in [6.07, 6.45) is 3.49. The molecule has 1 aromatic carbocycles. The fraction of sp³-hybridized carbons (Fsp3) is 0.632. The van der Waals surface area contributed by atoms with Crippen molar-refractivity contribution in [1.29, 1.82) is 0 Å². The molecule has 1 saturated heterocycles. The van der Waals surface area contributed by atoms with E-state index in [1.165, 1.54) is 0 Å². The van der Waals surface area contributed by atoms with Crippen LogP contribution in [0.25, 0.3) is 0 Å². The van der Waals surface area contributed by atoms with Gasteiger partial charge < -0.3 is 25.2 Å². The van der Waals surface area contributed by atoms with Gasteiger partial charge in [-0.2, -0.15) is 0 Å².